The maximum absolute atomic E-state index is 12.7. The predicted octanol–water partition coefficient (Wildman–Crippen LogP) is 1.72. The van der Waals surface area contributed by atoms with Gasteiger partial charge in [-0.25, -0.2) is 17.2 Å². The number of sulfonamides is 1. The first-order valence-corrected chi connectivity index (χ1v) is 10.2. The number of amides is 1. The molecule has 0 aromatic carbocycles. The number of hydrogen-bond acceptors (Lipinski definition) is 5. The van der Waals surface area contributed by atoms with E-state index < -0.39 is 16.4 Å². The Morgan fingerprint density at radius 1 is 1.31 bits per heavy atom. The third kappa shape index (κ3) is 3.79. The lowest BCUT2D eigenvalue weighted by Gasteiger charge is -2.33. The summed E-state index contributed by atoms with van der Waals surface area (Å²) in [5, 5.41) is 5.45. The van der Waals surface area contributed by atoms with Crippen molar-refractivity contribution in [3.63, 3.8) is 0 Å². The van der Waals surface area contributed by atoms with Crippen LogP contribution in [0.15, 0.2) is 27.8 Å². The van der Waals surface area contributed by atoms with Gasteiger partial charge in [-0.15, -0.1) is 11.3 Å². The second-order valence-corrected chi connectivity index (χ2v) is 9.00. The van der Waals surface area contributed by atoms with Gasteiger partial charge in [0.1, 0.15) is 16.4 Å². The molecule has 3 rings (SSSR count). The van der Waals surface area contributed by atoms with Crippen molar-refractivity contribution in [2.24, 2.45) is 0 Å². The number of carbonyl (C=O) groups excluding carboxylic acids is 1. The first kappa shape index (κ1) is 18.9. The molecule has 0 radical (unpaired) electrons. The molecule has 1 aliphatic rings. The summed E-state index contributed by atoms with van der Waals surface area (Å²) >= 11 is 1.16. The number of hydrogen-bond donors (Lipinski definition) is 0. The van der Waals surface area contributed by atoms with E-state index in [0.29, 0.717) is 5.69 Å². The molecule has 1 fully saturated rings. The van der Waals surface area contributed by atoms with Crippen molar-refractivity contribution in [1.82, 2.24) is 19.0 Å². The van der Waals surface area contributed by atoms with Gasteiger partial charge in [-0.05, 0) is 24.4 Å². The molecule has 0 saturated carbocycles. The molecule has 0 aliphatic carbocycles. The minimum absolute atomic E-state index is 0.143. The van der Waals surface area contributed by atoms with Crippen LogP contribution in [0.5, 0.6) is 0 Å². The lowest BCUT2D eigenvalue weighted by molar-refractivity contribution is -0.133. The zero-order chi connectivity index (χ0) is 18.9. The summed E-state index contributed by atoms with van der Waals surface area (Å²) in [7, 11) is -3.53. The third-order valence-electron chi connectivity index (χ3n) is 4.19. The van der Waals surface area contributed by atoms with E-state index in [1.165, 1.54) is 20.0 Å². The maximum atomic E-state index is 12.7. The van der Waals surface area contributed by atoms with Crippen LogP contribution < -0.4 is 0 Å². The zero-order valence-electron chi connectivity index (χ0n) is 14.0. The van der Waals surface area contributed by atoms with Gasteiger partial charge in [-0.1, -0.05) is 6.07 Å². The number of halogens is 2. The van der Waals surface area contributed by atoms with Crippen molar-refractivity contribution in [2.75, 3.05) is 26.2 Å². The maximum Gasteiger partial charge on any atom is 0.282 e. The number of carbonyl (C=O) groups is 1. The fraction of sp³-hybridized carbons (Fsp3) is 0.467. The van der Waals surface area contributed by atoms with Gasteiger partial charge >= 0.3 is 0 Å². The highest BCUT2D eigenvalue weighted by Gasteiger charge is 2.31. The summed E-state index contributed by atoms with van der Waals surface area (Å²) in [6.45, 7) is 2.38. The molecule has 1 amide bonds. The molecule has 0 atom stereocenters. The van der Waals surface area contributed by atoms with Gasteiger partial charge in [-0.3, -0.25) is 9.48 Å². The summed E-state index contributed by atoms with van der Waals surface area (Å²) in [5.41, 5.74) is 0.120. The lowest BCUT2D eigenvalue weighted by Crippen LogP contribution is -2.51. The van der Waals surface area contributed by atoms with E-state index in [1.54, 1.807) is 24.4 Å². The highest BCUT2D eigenvalue weighted by molar-refractivity contribution is 7.91. The van der Waals surface area contributed by atoms with Gasteiger partial charge in [0, 0.05) is 31.9 Å². The summed E-state index contributed by atoms with van der Waals surface area (Å²) in [6, 6.07) is 4.49. The van der Waals surface area contributed by atoms with Crippen molar-refractivity contribution >= 4 is 27.3 Å². The second kappa shape index (κ2) is 7.41. The zero-order valence-corrected chi connectivity index (χ0v) is 15.6. The smallest absolute Gasteiger partial charge is 0.282 e. The van der Waals surface area contributed by atoms with Gasteiger partial charge in [0.05, 0.1) is 0 Å². The summed E-state index contributed by atoms with van der Waals surface area (Å²) in [5.74, 6) is -0.273. The SMILES string of the molecule is Cc1cc(C(F)F)nn1CC(=O)N1CCN(S(=O)(=O)c2cccs2)CC1. The van der Waals surface area contributed by atoms with Crippen LogP contribution in [0.25, 0.3) is 0 Å². The number of aromatic nitrogens is 2. The van der Waals surface area contributed by atoms with E-state index in [1.807, 2.05) is 0 Å². The number of rotatable bonds is 5. The minimum Gasteiger partial charge on any atom is -0.338 e. The quantitative estimate of drug-likeness (QED) is 0.761. The van der Waals surface area contributed by atoms with Crippen LogP contribution in [0.1, 0.15) is 17.8 Å². The molecule has 0 spiro atoms. The van der Waals surface area contributed by atoms with E-state index in [2.05, 4.69) is 5.10 Å². The molecule has 142 valence electrons. The van der Waals surface area contributed by atoms with E-state index in [9.17, 15) is 22.0 Å². The Balaban J connectivity index is 1.60. The van der Waals surface area contributed by atoms with Crippen molar-refractivity contribution < 1.29 is 22.0 Å². The Kier molecular flexibility index (Phi) is 5.39. The Morgan fingerprint density at radius 3 is 2.54 bits per heavy atom. The first-order valence-electron chi connectivity index (χ1n) is 7.93. The highest BCUT2D eigenvalue weighted by atomic mass is 32.2. The van der Waals surface area contributed by atoms with Crippen LogP contribution >= 0.6 is 11.3 Å². The summed E-state index contributed by atoms with van der Waals surface area (Å²) in [4.78, 5) is 13.9. The Labute approximate surface area is 153 Å². The molecule has 0 unspecified atom stereocenters. The molecule has 1 saturated heterocycles. The monoisotopic (exact) mass is 404 g/mol. The van der Waals surface area contributed by atoms with Crippen LogP contribution in [0.3, 0.4) is 0 Å². The summed E-state index contributed by atoms with van der Waals surface area (Å²) < 4.78 is 53.2. The largest absolute Gasteiger partial charge is 0.338 e. The van der Waals surface area contributed by atoms with E-state index in [4.69, 9.17) is 0 Å². The number of alkyl halides is 2. The second-order valence-electron chi connectivity index (χ2n) is 5.89. The highest BCUT2D eigenvalue weighted by Crippen LogP contribution is 2.22. The van der Waals surface area contributed by atoms with E-state index in [0.717, 1.165) is 11.3 Å². The van der Waals surface area contributed by atoms with E-state index in [-0.39, 0.29) is 48.5 Å². The number of nitrogens with zero attached hydrogens (tertiary/aromatic N) is 4. The predicted molar refractivity (Wildman–Crippen MR) is 91.6 cm³/mol. The average molecular weight is 404 g/mol. The van der Waals surface area contributed by atoms with Crippen molar-refractivity contribution in [2.45, 2.75) is 24.1 Å². The third-order valence-corrected chi connectivity index (χ3v) is 7.46. The van der Waals surface area contributed by atoms with E-state index >= 15 is 0 Å². The number of aryl methyl sites for hydroxylation is 1. The lowest BCUT2D eigenvalue weighted by atomic mass is 10.3. The Morgan fingerprint density at radius 2 is 2.00 bits per heavy atom. The fourth-order valence-electron chi connectivity index (χ4n) is 2.75. The van der Waals surface area contributed by atoms with Crippen molar-refractivity contribution in [3.8, 4) is 0 Å². The molecule has 0 N–H and O–H groups in total. The molecule has 26 heavy (non-hydrogen) atoms. The Hall–Kier alpha value is -1.85. The van der Waals surface area contributed by atoms with Crippen molar-refractivity contribution in [3.05, 3.63) is 35.0 Å². The molecular weight excluding hydrogens is 386 g/mol. The fourth-order valence-corrected chi connectivity index (χ4v) is 5.31. The normalized spacial score (nSPS) is 16.4. The van der Waals surface area contributed by atoms with Gasteiger partial charge in [-0.2, -0.15) is 9.40 Å². The van der Waals surface area contributed by atoms with Crippen LogP contribution in [0.2, 0.25) is 0 Å². The molecular formula is C15H18F2N4O3S2. The molecule has 0 bridgehead atoms. The molecule has 1 aliphatic heterocycles. The topological polar surface area (TPSA) is 75.5 Å². The van der Waals surface area contributed by atoms with Gasteiger partial charge in [0.25, 0.3) is 16.4 Å². The summed E-state index contributed by atoms with van der Waals surface area (Å²) in [6.07, 6.45) is -2.68. The molecule has 3 heterocycles. The van der Waals surface area contributed by atoms with Crippen LogP contribution in [-0.4, -0.2) is 59.5 Å². The van der Waals surface area contributed by atoms with Crippen LogP contribution in [0.4, 0.5) is 8.78 Å². The van der Waals surface area contributed by atoms with Gasteiger partial charge < -0.3 is 4.90 Å². The van der Waals surface area contributed by atoms with Crippen LogP contribution in [-0.2, 0) is 21.4 Å². The number of piperazine rings is 1. The average Bonchev–Trinajstić information content (AvgIpc) is 3.26. The molecule has 2 aromatic heterocycles. The van der Waals surface area contributed by atoms with Gasteiger partial charge in [0.15, 0.2) is 0 Å². The standard InChI is InChI=1S/C15H18F2N4O3S2/c1-11-9-12(15(16)17)18-21(11)10-13(22)19-4-6-20(7-5-19)26(23,24)14-3-2-8-25-14/h2-3,8-9,15H,4-7,10H2,1H3. The Bertz CT molecular complexity index is 873. The first-order chi connectivity index (χ1) is 12.3. The van der Waals surface area contributed by atoms with Gasteiger partial charge in [0.2, 0.25) is 5.91 Å². The van der Waals surface area contributed by atoms with Crippen LogP contribution in [0, 0.1) is 6.92 Å². The molecule has 7 nitrogen and oxygen atoms in total. The molecule has 11 heteroatoms. The molecule has 2 aromatic rings. The number of thiophene rings is 1. The minimum atomic E-state index is -3.53. The van der Waals surface area contributed by atoms with Crippen molar-refractivity contribution in [1.29, 1.82) is 0 Å².